The summed E-state index contributed by atoms with van der Waals surface area (Å²) in [6.45, 7) is 1.95. The van der Waals surface area contributed by atoms with Crippen LogP contribution >= 0.6 is 0 Å². The summed E-state index contributed by atoms with van der Waals surface area (Å²) in [6.07, 6.45) is 4.24. The van der Waals surface area contributed by atoms with Crippen LogP contribution in [0.3, 0.4) is 0 Å². The van der Waals surface area contributed by atoms with Gasteiger partial charge in [-0.05, 0) is 43.2 Å². The van der Waals surface area contributed by atoms with Crippen molar-refractivity contribution >= 4 is 28.8 Å². The Morgan fingerprint density at radius 3 is 2.31 bits per heavy atom. The first kappa shape index (κ1) is 21.1. The third-order valence-corrected chi connectivity index (χ3v) is 5.21. The lowest BCUT2D eigenvalue weighted by Crippen LogP contribution is -2.40. The lowest BCUT2D eigenvalue weighted by Gasteiger charge is -2.16. The minimum absolute atomic E-state index is 0.107. The number of para-hydroxylation sites is 1. The molecule has 1 atom stereocenters. The first-order chi connectivity index (χ1) is 15.6. The van der Waals surface area contributed by atoms with E-state index in [-0.39, 0.29) is 23.6 Å². The van der Waals surface area contributed by atoms with E-state index in [1.165, 1.54) is 0 Å². The van der Waals surface area contributed by atoms with E-state index in [4.69, 9.17) is 0 Å². The van der Waals surface area contributed by atoms with Gasteiger partial charge in [-0.15, -0.1) is 0 Å². The van der Waals surface area contributed by atoms with E-state index in [0.717, 1.165) is 22.0 Å². The molecule has 2 amide bonds. The standard InChI is InChI=1S/C27H25N3O2/c1-19(16-20-10-4-2-5-11-20)29-27(32)25(30-26(31)21-12-6-3-7-13-21)17-22-18-28-24-15-9-8-14-23(22)24/h2-15,17-19,28H,16H2,1H3,(H,29,32)(H,30,31)/b25-17+/t19-/m1/s1. The summed E-state index contributed by atoms with van der Waals surface area (Å²) in [5, 5.41) is 6.79. The number of hydrogen-bond acceptors (Lipinski definition) is 2. The molecule has 5 heteroatoms. The van der Waals surface area contributed by atoms with Gasteiger partial charge in [0, 0.05) is 34.3 Å². The Morgan fingerprint density at radius 2 is 1.56 bits per heavy atom. The Labute approximate surface area is 187 Å². The lowest BCUT2D eigenvalue weighted by molar-refractivity contribution is -0.118. The maximum absolute atomic E-state index is 13.2. The van der Waals surface area contributed by atoms with Gasteiger partial charge in [-0.3, -0.25) is 9.59 Å². The van der Waals surface area contributed by atoms with E-state index in [1.807, 2.05) is 73.8 Å². The van der Waals surface area contributed by atoms with Crippen LogP contribution in [-0.2, 0) is 11.2 Å². The molecular formula is C27H25N3O2. The zero-order valence-corrected chi connectivity index (χ0v) is 17.8. The molecular weight excluding hydrogens is 398 g/mol. The van der Waals surface area contributed by atoms with Gasteiger partial charge in [0.2, 0.25) is 0 Å². The van der Waals surface area contributed by atoms with E-state index >= 15 is 0 Å². The topological polar surface area (TPSA) is 74.0 Å². The summed E-state index contributed by atoms with van der Waals surface area (Å²) in [7, 11) is 0. The number of H-pyrrole nitrogens is 1. The summed E-state index contributed by atoms with van der Waals surface area (Å²) in [4.78, 5) is 29.2. The van der Waals surface area contributed by atoms with Gasteiger partial charge in [0.15, 0.2) is 0 Å². The number of nitrogens with one attached hydrogen (secondary N) is 3. The lowest BCUT2D eigenvalue weighted by atomic mass is 10.1. The average molecular weight is 424 g/mol. The highest BCUT2D eigenvalue weighted by Gasteiger charge is 2.17. The summed E-state index contributed by atoms with van der Waals surface area (Å²) in [5.41, 5.74) is 3.61. The van der Waals surface area contributed by atoms with Crippen LogP contribution in [0.2, 0.25) is 0 Å². The number of aromatic amines is 1. The Morgan fingerprint density at radius 1 is 0.906 bits per heavy atom. The number of hydrogen-bond donors (Lipinski definition) is 3. The zero-order valence-electron chi connectivity index (χ0n) is 17.8. The van der Waals surface area contributed by atoms with Gasteiger partial charge in [-0.1, -0.05) is 66.7 Å². The minimum atomic E-state index is -0.331. The van der Waals surface area contributed by atoms with Crippen molar-refractivity contribution in [1.82, 2.24) is 15.6 Å². The van der Waals surface area contributed by atoms with Gasteiger partial charge in [0.05, 0.1) is 0 Å². The zero-order chi connectivity index (χ0) is 22.3. The molecule has 160 valence electrons. The van der Waals surface area contributed by atoms with Crippen LogP contribution in [0.25, 0.3) is 17.0 Å². The van der Waals surface area contributed by atoms with Crippen molar-refractivity contribution in [3.8, 4) is 0 Å². The molecule has 0 radical (unpaired) electrons. The monoisotopic (exact) mass is 423 g/mol. The smallest absolute Gasteiger partial charge is 0.268 e. The van der Waals surface area contributed by atoms with E-state index < -0.39 is 0 Å². The molecule has 0 fully saturated rings. The molecule has 32 heavy (non-hydrogen) atoms. The van der Waals surface area contributed by atoms with Crippen molar-refractivity contribution in [2.24, 2.45) is 0 Å². The predicted octanol–water partition coefficient (Wildman–Crippen LogP) is 4.69. The quantitative estimate of drug-likeness (QED) is 0.378. The molecule has 4 aromatic rings. The fraction of sp³-hybridized carbons (Fsp3) is 0.111. The molecule has 0 unspecified atom stereocenters. The van der Waals surface area contributed by atoms with Crippen LogP contribution < -0.4 is 10.6 Å². The molecule has 3 N–H and O–H groups in total. The molecule has 0 aliphatic carbocycles. The summed E-state index contributed by atoms with van der Waals surface area (Å²) < 4.78 is 0. The van der Waals surface area contributed by atoms with Crippen molar-refractivity contribution in [2.45, 2.75) is 19.4 Å². The molecule has 0 saturated heterocycles. The van der Waals surface area contributed by atoms with Crippen LogP contribution in [0.1, 0.15) is 28.4 Å². The van der Waals surface area contributed by atoms with Crippen molar-refractivity contribution in [3.63, 3.8) is 0 Å². The molecule has 0 bridgehead atoms. The highest BCUT2D eigenvalue weighted by Crippen LogP contribution is 2.20. The first-order valence-electron chi connectivity index (χ1n) is 10.6. The van der Waals surface area contributed by atoms with Crippen LogP contribution in [0.4, 0.5) is 0 Å². The first-order valence-corrected chi connectivity index (χ1v) is 10.6. The van der Waals surface area contributed by atoms with Gasteiger partial charge >= 0.3 is 0 Å². The van der Waals surface area contributed by atoms with Crippen molar-refractivity contribution < 1.29 is 9.59 Å². The summed E-state index contributed by atoms with van der Waals surface area (Å²) in [6, 6.07) is 26.6. The Balaban J connectivity index is 1.59. The van der Waals surface area contributed by atoms with Crippen LogP contribution in [0.5, 0.6) is 0 Å². The maximum atomic E-state index is 13.2. The van der Waals surface area contributed by atoms with E-state index in [9.17, 15) is 9.59 Å². The average Bonchev–Trinajstić information content (AvgIpc) is 3.22. The number of fused-ring (bicyclic) bond motifs is 1. The third-order valence-electron chi connectivity index (χ3n) is 5.21. The number of aromatic nitrogens is 1. The molecule has 3 aromatic carbocycles. The normalized spacial score (nSPS) is 12.3. The van der Waals surface area contributed by atoms with Crippen LogP contribution in [0.15, 0.2) is 96.8 Å². The molecule has 0 aliphatic rings. The van der Waals surface area contributed by atoms with Crippen molar-refractivity contribution in [3.05, 3.63) is 114 Å². The Bertz CT molecular complexity index is 1240. The largest absolute Gasteiger partial charge is 0.361 e. The number of carbonyl (C=O) groups is 2. The van der Waals surface area contributed by atoms with Gasteiger partial charge in [-0.25, -0.2) is 0 Å². The van der Waals surface area contributed by atoms with E-state index in [0.29, 0.717) is 12.0 Å². The molecule has 1 heterocycles. The molecule has 0 spiro atoms. The fourth-order valence-corrected chi connectivity index (χ4v) is 3.63. The summed E-state index contributed by atoms with van der Waals surface area (Å²) in [5.74, 6) is -0.662. The van der Waals surface area contributed by atoms with E-state index in [2.05, 4.69) is 15.6 Å². The number of rotatable bonds is 7. The highest BCUT2D eigenvalue weighted by atomic mass is 16.2. The second kappa shape index (κ2) is 9.79. The molecule has 4 rings (SSSR count). The molecule has 5 nitrogen and oxygen atoms in total. The van der Waals surface area contributed by atoms with Gasteiger partial charge in [0.25, 0.3) is 11.8 Å². The number of benzene rings is 3. The van der Waals surface area contributed by atoms with Crippen LogP contribution in [-0.4, -0.2) is 22.8 Å². The number of amides is 2. The van der Waals surface area contributed by atoms with E-state index in [1.54, 1.807) is 30.3 Å². The van der Waals surface area contributed by atoms with Crippen molar-refractivity contribution in [1.29, 1.82) is 0 Å². The minimum Gasteiger partial charge on any atom is -0.361 e. The van der Waals surface area contributed by atoms with Gasteiger partial charge in [0.1, 0.15) is 5.70 Å². The predicted molar refractivity (Wildman–Crippen MR) is 128 cm³/mol. The maximum Gasteiger partial charge on any atom is 0.268 e. The summed E-state index contributed by atoms with van der Waals surface area (Å²) >= 11 is 0. The SMILES string of the molecule is C[C@H](Cc1ccccc1)NC(=O)/C(=C\c1c[nH]c2ccccc12)NC(=O)c1ccccc1. The molecule has 0 aliphatic heterocycles. The molecule has 1 aromatic heterocycles. The third kappa shape index (κ3) is 5.13. The second-order valence-electron chi connectivity index (χ2n) is 7.73. The Hall–Kier alpha value is -4.12. The van der Waals surface area contributed by atoms with Crippen LogP contribution in [0, 0.1) is 0 Å². The second-order valence-corrected chi connectivity index (χ2v) is 7.73. The fourth-order valence-electron chi connectivity index (χ4n) is 3.63. The van der Waals surface area contributed by atoms with Crippen molar-refractivity contribution in [2.75, 3.05) is 0 Å². The van der Waals surface area contributed by atoms with Gasteiger partial charge in [-0.2, -0.15) is 0 Å². The molecule has 0 saturated carbocycles. The Kier molecular flexibility index (Phi) is 6.46. The number of carbonyl (C=O) groups excluding carboxylic acids is 2. The highest BCUT2D eigenvalue weighted by molar-refractivity contribution is 6.06. The van der Waals surface area contributed by atoms with Gasteiger partial charge < -0.3 is 15.6 Å².